The first-order chi connectivity index (χ1) is 21.8. The van der Waals surface area contributed by atoms with Gasteiger partial charge in [-0.05, 0) is 56.1 Å². The van der Waals surface area contributed by atoms with Crippen LogP contribution in [0.4, 0.5) is 0 Å². The van der Waals surface area contributed by atoms with Gasteiger partial charge < -0.3 is 4.57 Å². The molecule has 44 heavy (non-hydrogen) atoms. The van der Waals surface area contributed by atoms with E-state index in [0.717, 1.165) is 0 Å². The first kappa shape index (κ1) is 26.2. The zero-order valence-corrected chi connectivity index (χ0v) is 25.3. The monoisotopic (exact) mass is 577 g/mol. The Hall–Kier alpha value is -5.44. The largest absolute Gasteiger partial charge is 0.309 e. The summed E-state index contributed by atoms with van der Waals surface area (Å²) in [5, 5.41) is 8.07. The van der Waals surface area contributed by atoms with Gasteiger partial charge in [-0.3, -0.25) is 0 Å². The molecule has 0 spiro atoms. The molecule has 7 aromatic carbocycles. The predicted octanol–water partition coefficient (Wildman–Crippen LogP) is 7.83. The van der Waals surface area contributed by atoms with E-state index in [1.807, 2.05) is 0 Å². The predicted molar refractivity (Wildman–Crippen MR) is 190 cm³/mol. The lowest BCUT2D eigenvalue weighted by Gasteiger charge is -2.35. The van der Waals surface area contributed by atoms with E-state index >= 15 is 0 Å². The van der Waals surface area contributed by atoms with Crippen LogP contribution in [0.15, 0.2) is 188 Å². The Morgan fingerprint density at radius 2 is 0.818 bits per heavy atom. The molecule has 0 saturated carbocycles. The Labute approximate surface area is 259 Å². The summed E-state index contributed by atoms with van der Waals surface area (Å²) < 4.78 is 2.40. The van der Waals surface area contributed by atoms with Crippen molar-refractivity contribution in [3.8, 4) is 16.8 Å². The number of aromatic nitrogens is 1. The average Bonchev–Trinajstić information content (AvgIpc) is 3.44. The zero-order valence-electron chi connectivity index (χ0n) is 24.3. The quantitative estimate of drug-likeness (QED) is 0.140. The lowest BCUT2D eigenvalue weighted by Crippen LogP contribution is -2.74. The topological polar surface area (TPSA) is 4.93 Å². The summed E-state index contributed by atoms with van der Waals surface area (Å²) in [5.74, 6) is 0. The van der Waals surface area contributed by atoms with Crippen molar-refractivity contribution < 1.29 is 0 Å². The zero-order chi connectivity index (χ0) is 29.3. The van der Waals surface area contributed by atoms with Crippen LogP contribution in [0.3, 0.4) is 0 Å². The molecule has 0 fully saturated rings. The van der Waals surface area contributed by atoms with Gasteiger partial charge in [0.05, 0.1) is 11.0 Å². The van der Waals surface area contributed by atoms with E-state index in [0.29, 0.717) is 0 Å². The number of benzene rings is 7. The summed E-state index contributed by atoms with van der Waals surface area (Å²) >= 11 is 0. The minimum Gasteiger partial charge on any atom is -0.309 e. The van der Waals surface area contributed by atoms with Crippen LogP contribution in [0.1, 0.15) is 0 Å². The number of para-hydroxylation sites is 2. The maximum atomic E-state index is 2.50. The third kappa shape index (κ3) is 4.23. The fraction of sp³-hybridized carbons (Fsp3) is 0. The van der Waals surface area contributed by atoms with E-state index in [1.165, 1.54) is 59.4 Å². The molecule has 0 radical (unpaired) electrons. The maximum Gasteiger partial charge on any atom is 0.179 e. The normalized spacial score (nSPS) is 11.6. The molecule has 0 aliphatic heterocycles. The van der Waals surface area contributed by atoms with E-state index in [2.05, 4.69) is 193 Å². The maximum absolute atomic E-state index is 2.75. The van der Waals surface area contributed by atoms with Crippen LogP contribution in [-0.2, 0) is 0 Å². The molecule has 8 rings (SSSR count). The van der Waals surface area contributed by atoms with Gasteiger partial charge in [0.25, 0.3) is 0 Å². The SMILES string of the molecule is c1ccc(-c2cccc([Si](c3ccccc3)(c3ccccc3)c3ccc4c(c3)c3ccccc3n4-c3ccccc3)c2)cc1. The summed E-state index contributed by atoms with van der Waals surface area (Å²) in [6, 6.07) is 69.2. The first-order valence-corrected chi connectivity index (χ1v) is 17.2. The van der Waals surface area contributed by atoms with Crippen molar-refractivity contribution in [2.75, 3.05) is 0 Å². The number of nitrogens with zero attached hydrogens (tertiary/aromatic N) is 1. The summed E-state index contributed by atoms with van der Waals surface area (Å²) in [7, 11) is -2.75. The molecule has 0 unspecified atom stereocenters. The van der Waals surface area contributed by atoms with Crippen molar-refractivity contribution in [1.29, 1.82) is 0 Å². The van der Waals surface area contributed by atoms with Gasteiger partial charge in [0.2, 0.25) is 0 Å². The fourth-order valence-corrected chi connectivity index (χ4v) is 11.8. The number of fused-ring (bicyclic) bond motifs is 3. The number of rotatable bonds is 6. The Balaban J connectivity index is 1.48. The van der Waals surface area contributed by atoms with Crippen molar-refractivity contribution >= 4 is 50.6 Å². The van der Waals surface area contributed by atoms with Crippen molar-refractivity contribution in [2.45, 2.75) is 0 Å². The summed E-state index contributed by atoms with van der Waals surface area (Å²) in [6.07, 6.45) is 0. The minimum atomic E-state index is -2.75. The fourth-order valence-electron chi connectivity index (χ4n) is 7.00. The van der Waals surface area contributed by atoms with Crippen LogP contribution in [0.25, 0.3) is 38.6 Å². The van der Waals surface area contributed by atoms with Crippen molar-refractivity contribution in [3.05, 3.63) is 188 Å². The summed E-state index contributed by atoms with van der Waals surface area (Å²) in [5.41, 5.74) is 6.11. The molecule has 2 heteroatoms. The highest BCUT2D eigenvalue weighted by Gasteiger charge is 2.41. The molecule has 0 atom stereocenters. The first-order valence-electron chi connectivity index (χ1n) is 15.2. The third-order valence-electron chi connectivity index (χ3n) is 8.94. The lowest BCUT2D eigenvalue weighted by molar-refractivity contribution is 1.18. The molecular weight excluding hydrogens is 547 g/mol. The van der Waals surface area contributed by atoms with Crippen LogP contribution in [-0.4, -0.2) is 12.6 Å². The summed E-state index contributed by atoms with van der Waals surface area (Å²) in [6.45, 7) is 0. The number of hydrogen-bond donors (Lipinski definition) is 0. The van der Waals surface area contributed by atoms with E-state index < -0.39 is 8.07 Å². The molecule has 0 bridgehead atoms. The van der Waals surface area contributed by atoms with E-state index in [4.69, 9.17) is 0 Å². The van der Waals surface area contributed by atoms with Crippen LogP contribution in [0.2, 0.25) is 0 Å². The molecule has 8 aromatic rings. The smallest absolute Gasteiger partial charge is 0.179 e. The molecule has 0 aliphatic carbocycles. The molecule has 0 aliphatic rings. The standard InChI is InChI=1S/C42H31NSi/c1-5-16-32(17-6-1)33-18-15-25-37(30-33)44(35-21-9-3-10-22-35,36-23-11-4-12-24-36)38-28-29-42-40(31-38)39-26-13-14-27-41(39)43(42)34-19-7-2-8-20-34/h1-31H. The minimum absolute atomic E-state index is 1.18. The highest BCUT2D eigenvalue weighted by Crippen LogP contribution is 2.32. The lowest BCUT2D eigenvalue weighted by atomic mass is 10.1. The van der Waals surface area contributed by atoms with Crippen LogP contribution in [0, 0.1) is 0 Å². The Morgan fingerprint density at radius 1 is 0.318 bits per heavy atom. The van der Waals surface area contributed by atoms with Gasteiger partial charge in [0.15, 0.2) is 8.07 Å². The van der Waals surface area contributed by atoms with Crippen LogP contribution in [0.5, 0.6) is 0 Å². The Bertz CT molecular complexity index is 2160. The Morgan fingerprint density at radius 3 is 1.50 bits per heavy atom. The second kappa shape index (κ2) is 11.0. The molecule has 1 aromatic heterocycles. The molecule has 1 heterocycles. The van der Waals surface area contributed by atoms with Gasteiger partial charge >= 0.3 is 0 Å². The molecule has 0 saturated heterocycles. The molecule has 0 N–H and O–H groups in total. The van der Waals surface area contributed by atoms with Gasteiger partial charge in [-0.2, -0.15) is 0 Å². The van der Waals surface area contributed by atoms with Gasteiger partial charge in [-0.25, -0.2) is 0 Å². The number of hydrogen-bond acceptors (Lipinski definition) is 0. The van der Waals surface area contributed by atoms with Crippen molar-refractivity contribution in [2.24, 2.45) is 0 Å². The van der Waals surface area contributed by atoms with Crippen LogP contribution >= 0.6 is 0 Å². The molecule has 1 nitrogen and oxygen atoms in total. The van der Waals surface area contributed by atoms with Gasteiger partial charge in [0, 0.05) is 16.5 Å². The van der Waals surface area contributed by atoms with E-state index in [-0.39, 0.29) is 0 Å². The highest BCUT2D eigenvalue weighted by molar-refractivity contribution is 7.20. The summed E-state index contributed by atoms with van der Waals surface area (Å²) in [4.78, 5) is 0. The van der Waals surface area contributed by atoms with Crippen LogP contribution < -0.4 is 20.7 Å². The van der Waals surface area contributed by atoms with Gasteiger partial charge in [0.1, 0.15) is 0 Å². The van der Waals surface area contributed by atoms with Gasteiger partial charge in [-0.15, -0.1) is 0 Å². The highest BCUT2D eigenvalue weighted by atomic mass is 28.3. The average molecular weight is 578 g/mol. The van der Waals surface area contributed by atoms with Crippen molar-refractivity contribution in [1.82, 2.24) is 4.57 Å². The molecule has 0 amide bonds. The third-order valence-corrected chi connectivity index (χ3v) is 13.7. The second-order valence-corrected chi connectivity index (χ2v) is 15.2. The van der Waals surface area contributed by atoms with E-state index in [9.17, 15) is 0 Å². The molecule has 208 valence electrons. The van der Waals surface area contributed by atoms with E-state index in [1.54, 1.807) is 0 Å². The second-order valence-electron chi connectivity index (χ2n) is 11.3. The Kier molecular flexibility index (Phi) is 6.55. The molecular formula is C42H31NSi. The van der Waals surface area contributed by atoms with Gasteiger partial charge in [-0.1, -0.05) is 164 Å². The van der Waals surface area contributed by atoms with Crippen molar-refractivity contribution in [3.63, 3.8) is 0 Å².